The molecule has 3 rings (SSSR count). The van der Waals surface area contributed by atoms with Crippen LogP contribution in [0.3, 0.4) is 0 Å². The molecule has 112 valence electrons. The lowest BCUT2D eigenvalue weighted by molar-refractivity contribution is 0.0608. The number of hydrogen-bond donors (Lipinski definition) is 1. The highest BCUT2D eigenvalue weighted by molar-refractivity contribution is 6.26. The number of imide groups is 1. The summed E-state index contributed by atoms with van der Waals surface area (Å²) in [5, 5.41) is 10.9. The fourth-order valence-corrected chi connectivity index (χ4v) is 2.83. The lowest BCUT2D eigenvalue weighted by atomic mass is 9.91. The van der Waals surface area contributed by atoms with Gasteiger partial charge in [-0.25, -0.2) is 0 Å². The normalized spacial score (nSPS) is 13.8. The molecule has 2 amide bonds. The molecule has 0 saturated carbocycles. The van der Waals surface area contributed by atoms with Gasteiger partial charge >= 0.3 is 0 Å². The Morgan fingerprint density at radius 1 is 1.18 bits per heavy atom. The molecule has 0 atom stereocenters. The highest BCUT2D eigenvalue weighted by atomic mass is 16.3. The summed E-state index contributed by atoms with van der Waals surface area (Å²) in [4.78, 5) is 37.5. The van der Waals surface area contributed by atoms with E-state index in [1.165, 1.54) is 11.0 Å². The Morgan fingerprint density at radius 3 is 2.59 bits per heavy atom. The zero-order valence-corrected chi connectivity index (χ0v) is 12.1. The van der Waals surface area contributed by atoms with Crippen LogP contribution in [-0.2, 0) is 0 Å². The van der Waals surface area contributed by atoms with Crippen molar-refractivity contribution in [2.45, 2.75) is 19.8 Å². The van der Waals surface area contributed by atoms with Crippen molar-refractivity contribution in [3.8, 4) is 5.75 Å². The van der Waals surface area contributed by atoms with E-state index in [1.807, 2.05) is 6.92 Å². The number of rotatable bonds is 4. The minimum absolute atomic E-state index is 0.0535. The summed E-state index contributed by atoms with van der Waals surface area (Å²) in [6, 6.07) is 6.25. The maximum absolute atomic E-state index is 12.6. The lowest BCUT2D eigenvalue weighted by Gasteiger charge is -2.27. The van der Waals surface area contributed by atoms with E-state index in [0.29, 0.717) is 34.7 Å². The van der Waals surface area contributed by atoms with Gasteiger partial charge in [0.25, 0.3) is 11.8 Å². The second-order valence-corrected chi connectivity index (χ2v) is 5.32. The van der Waals surface area contributed by atoms with E-state index in [0.717, 1.165) is 12.8 Å². The summed E-state index contributed by atoms with van der Waals surface area (Å²) in [7, 11) is 0. The van der Waals surface area contributed by atoms with Crippen LogP contribution in [0.25, 0.3) is 10.8 Å². The van der Waals surface area contributed by atoms with E-state index in [2.05, 4.69) is 0 Å². The van der Waals surface area contributed by atoms with Gasteiger partial charge in [0, 0.05) is 28.4 Å². The number of phenolic OH excluding ortho intramolecular Hbond substituents is 1. The van der Waals surface area contributed by atoms with E-state index in [9.17, 15) is 19.5 Å². The molecule has 22 heavy (non-hydrogen) atoms. The third kappa shape index (κ3) is 1.89. The number of amides is 2. The highest BCUT2D eigenvalue weighted by Gasteiger charge is 2.33. The Morgan fingerprint density at radius 2 is 1.91 bits per heavy atom. The third-order valence-corrected chi connectivity index (χ3v) is 3.98. The van der Waals surface area contributed by atoms with Crippen molar-refractivity contribution in [2.24, 2.45) is 0 Å². The average molecular weight is 297 g/mol. The zero-order valence-electron chi connectivity index (χ0n) is 12.1. The summed E-state index contributed by atoms with van der Waals surface area (Å²) < 4.78 is 0. The SMILES string of the molecule is CCCCN1C(=O)c2cccc3c(O)c(C=O)cc(c23)C1=O. The maximum atomic E-state index is 12.6. The predicted octanol–water partition coefficient (Wildman–Crippen LogP) is 2.75. The maximum Gasteiger partial charge on any atom is 0.261 e. The average Bonchev–Trinajstić information content (AvgIpc) is 2.54. The summed E-state index contributed by atoms with van der Waals surface area (Å²) in [5.41, 5.74) is 0.731. The third-order valence-electron chi connectivity index (χ3n) is 3.98. The van der Waals surface area contributed by atoms with Gasteiger partial charge in [-0.2, -0.15) is 0 Å². The number of hydrogen-bond acceptors (Lipinski definition) is 4. The number of benzene rings is 2. The van der Waals surface area contributed by atoms with Crippen LogP contribution in [0, 0.1) is 0 Å². The van der Waals surface area contributed by atoms with Gasteiger partial charge in [0.2, 0.25) is 0 Å². The quantitative estimate of drug-likeness (QED) is 0.695. The van der Waals surface area contributed by atoms with Crippen molar-refractivity contribution < 1.29 is 19.5 Å². The second-order valence-electron chi connectivity index (χ2n) is 5.32. The van der Waals surface area contributed by atoms with E-state index < -0.39 is 5.91 Å². The minimum atomic E-state index is -0.412. The smallest absolute Gasteiger partial charge is 0.261 e. The molecule has 0 unspecified atom stereocenters. The van der Waals surface area contributed by atoms with Crippen LogP contribution < -0.4 is 0 Å². The van der Waals surface area contributed by atoms with Crippen LogP contribution in [0.1, 0.15) is 50.8 Å². The Labute approximate surface area is 127 Å². The summed E-state index contributed by atoms with van der Waals surface area (Å²) in [6.45, 7) is 2.33. The Balaban J connectivity index is 2.30. The molecule has 0 spiro atoms. The number of nitrogens with zero attached hydrogens (tertiary/aromatic N) is 1. The van der Waals surface area contributed by atoms with Crippen molar-refractivity contribution in [2.75, 3.05) is 6.54 Å². The van der Waals surface area contributed by atoms with Gasteiger partial charge in [0.05, 0.1) is 5.56 Å². The molecule has 0 bridgehead atoms. The zero-order chi connectivity index (χ0) is 15.9. The second kappa shape index (κ2) is 5.26. The van der Waals surface area contributed by atoms with Crippen LogP contribution in [0.2, 0.25) is 0 Å². The predicted molar refractivity (Wildman–Crippen MR) is 81.3 cm³/mol. The van der Waals surface area contributed by atoms with Crippen molar-refractivity contribution in [3.05, 3.63) is 41.0 Å². The Bertz CT molecular complexity index is 810. The fraction of sp³-hybridized carbons (Fsp3) is 0.235. The van der Waals surface area contributed by atoms with E-state index in [1.54, 1.807) is 18.2 Å². The number of phenols is 1. The molecule has 0 radical (unpaired) electrons. The molecule has 2 aromatic rings. The first-order valence-corrected chi connectivity index (χ1v) is 7.20. The molecule has 1 heterocycles. The summed E-state index contributed by atoms with van der Waals surface area (Å²) in [5.74, 6) is -0.960. The number of aromatic hydroxyl groups is 1. The lowest BCUT2D eigenvalue weighted by Crippen LogP contribution is -2.40. The Hall–Kier alpha value is -2.69. The molecule has 0 fully saturated rings. The van der Waals surface area contributed by atoms with Crippen molar-refractivity contribution in [3.63, 3.8) is 0 Å². The highest BCUT2D eigenvalue weighted by Crippen LogP contribution is 2.36. The molecule has 2 aromatic carbocycles. The first kappa shape index (κ1) is 14.3. The van der Waals surface area contributed by atoms with Crippen LogP contribution >= 0.6 is 0 Å². The largest absolute Gasteiger partial charge is 0.507 e. The molecule has 1 aliphatic rings. The van der Waals surface area contributed by atoms with Crippen LogP contribution in [0.4, 0.5) is 0 Å². The van der Waals surface area contributed by atoms with Gasteiger partial charge in [0.1, 0.15) is 5.75 Å². The number of unbranched alkanes of at least 4 members (excludes halogenated alkanes) is 1. The molecular weight excluding hydrogens is 282 g/mol. The monoisotopic (exact) mass is 297 g/mol. The first-order chi connectivity index (χ1) is 10.6. The van der Waals surface area contributed by atoms with E-state index in [4.69, 9.17) is 0 Å². The summed E-state index contributed by atoms with van der Waals surface area (Å²) >= 11 is 0. The van der Waals surface area contributed by atoms with E-state index in [-0.39, 0.29) is 17.2 Å². The van der Waals surface area contributed by atoms with Gasteiger partial charge < -0.3 is 5.11 Å². The van der Waals surface area contributed by atoms with Crippen LogP contribution in [0.5, 0.6) is 5.75 Å². The number of aldehydes is 1. The molecule has 1 N–H and O–H groups in total. The molecule has 5 heteroatoms. The minimum Gasteiger partial charge on any atom is -0.507 e. The molecular formula is C17H15NO4. The van der Waals surface area contributed by atoms with Crippen LogP contribution in [0.15, 0.2) is 24.3 Å². The molecule has 0 aromatic heterocycles. The molecule has 0 aliphatic carbocycles. The molecule has 0 saturated heterocycles. The fourth-order valence-electron chi connectivity index (χ4n) is 2.83. The standard InChI is InChI=1S/C17H15NO4/c1-2-3-7-18-16(21)12-6-4-5-11-14(12)13(17(18)22)8-10(9-19)15(11)20/h4-6,8-9,20H,2-3,7H2,1H3. The molecule has 1 aliphatic heterocycles. The number of carbonyl (C=O) groups is 3. The Kier molecular flexibility index (Phi) is 3.41. The van der Waals surface area contributed by atoms with Crippen molar-refractivity contribution >= 4 is 28.9 Å². The van der Waals surface area contributed by atoms with Crippen molar-refractivity contribution in [1.29, 1.82) is 0 Å². The van der Waals surface area contributed by atoms with Gasteiger partial charge in [-0.1, -0.05) is 25.5 Å². The van der Waals surface area contributed by atoms with Gasteiger partial charge in [0.15, 0.2) is 6.29 Å². The topological polar surface area (TPSA) is 74.7 Å². The first-order valence-electron chi connectivity index (χ1n) is 7.20. The van der Waals surface area contributed by atoms with E-state index >= 15 is 0 Å². The molecule has 5 nitrogen and oxygen atoms in total. The number of carbonyl (C=O) groups excluding carboxylic acids is 3. The van der Waals surface area contributed by atoms with Gasteiger partial charge in [-0.3, -0.25) is 19.3 Å². The van der Waals surface area contributed by atoms with Crippen molar-refractivity contribution in [1.82, 2.24) is 4.90 Å². The van der Waals surface area contributed by atoms with Gasteiger partial charge in [-0.05, 0) is 18.6 Å². The summed E-state index contributed by atoms with van der Waals surface area (Å²) in [6.07, 6.45) is 2.10. The van der Waals surface area contributed by atoms with Crippen LogP contribution in [-0.4, -0.2) is 34.7 Å². The van der Waals surface area contributed by atoms with Gasteiger partial charge in [-0.15, -0.1) is 0 Å².